The summed E-state index contributed by atoms with van der Waals surface area (Å²) < 4.78 is 0. The molecule has 0 saturated carbocycles. The first-order valence-electron chi connectivity index (χ1n) is 6.09. The number of nitrogens with two attached hydrogens (primary N) is 2. The molecule has 5 nitrogen and oxygen atoms in total. The van der Waals surface area contributed by atoms with Gasteiger partial charge in [-0.1, -0.05) is 0 Å². The van der Waals surface area contributed by atoms with Gasteiger partial charge in [0.05, 0.1) is 11.3 Å². The van der Waals surface area contributed by atoms with E-state index in [0.717, 1.165) is 22.5 Å². The zero-order chi connectivity index (χ0) is 14.7. The lowest BCUT2D eigenvalue weighted by Crippen LogP contribution is -1.90. The number of aryl methyl sites for hydroxylation is 2. The van der Waals surface area contributed by atoms with Gasteiger partial charge in [-0.15, -0.1) is 5.11 Å². The molecule has 0 saturated heterocycles. The molecule has 0 atom stereocenters. The molecule has 5 heteroatoms. The van der Waals surface area contributed by atoms with E-state index >= 15 is 0 Å². The summed E-state index contributed by atoms with van der Waals surface area (Å²) in [6.07, 6.45) is 0. The third kappa shape index (κ3) is 2.75. The monoisotopic (exact) mass is 265 g/mol. The van der Waals surface area contributed by atoms with Crippen LogP contribution in [0, 0.1) is 25.2 Å². The van der Waals surface area contributed by atoms with Crippen molar-refractivity contribution < 1.29 is 0 Å². The van der Waals surface area contributed by atoms with Crippen LogP contribution in [-0.2, 0) is 0 Å². The van der Waals surface area contributed by atoms with Crippen LogP contribution in [0.25, 0.3) is 0 Å². The van der Waals surface area contributed by atoms with Gasteiger partial charge in [-0.05, 0) is 55.3 Å². The highest BCUT2D eigenvalue weighted by Crippen LogP contribution is 2.28. The fourth-order valence-corrected chi connectivity index (χ4v) is 1.77. The maximum absolute atomic E-state index is 9.05. The molecule has 0 radical (unpaired) electrons. The Kier molecular flexibility index (Phi) is 3.67. The molecule has 0 aromatic heterocycles. The zero-order valence-electron chi connectivity index (χ0n) is 11.4. The van der Waals surface area contributed by atoms with Gasteiger partial charge >= 0.3 is 0 Å². The van der Waals surface area contributed by atoms with E-state index in [0.29, 0.717) is 16.9 Å². The number of rotatable bonds is 2. The summed E-state index contributed by atoms with van der Waals surface area (Å²) >= 11 is 0. The van der Waals surface area contributed by atoms with Crippen LogP contribution >= 0.6 is 0 Å². The SMILES string of the molecule is Cc1cc(N=Nc2ccc(N)cc2C#N)c(C)cc1N. The Morgan fingerprint density at radius 2 is 1.65 bits per heavy atom. The number of azo groups is 1. The van der Waals surface area contributed by atoms with E-state index in [2.05, 4.69) is 16.3 Å². The fraction of sp³-hybridized carbons (Fsp3) is 0.133. The van der Waals surface area contributed by atoms with Crippen LogP contribution < -0.4 is 11.5 Å². The highest BCUT2D eigenvalue weighted by Gasteiger charge is 2.04. The van der Waals surface area contributed by atoms with Crippen molar-refractivity contribution in [2.75, 3.05) is 11.5 Å². The van der Waals surface area contributed by atoms with E-state index in [4.69, 9.17) is 16.7 Å². The molecule has 2 aromatic carbocycles. The molecule has 0 aliphatic rings. The van der Waals surface area contributed by atoms with Gasteiger partial charge in [-0.2, -0.15) is 10.4 Å². The van der Waals surface area contributed by atoms with E-state index in [9.17, 15) is 0 Å². The highest BCUT2D eigenvalue weighted by molar-refractivity contribution is 5.61. The lowest BCUT2D eigenvalue weighted by atomic mass is 10.1. The maximum Gasteiger partial charge on any atom is 0.104 e. The van der Waals surface area contributed by atoms with Gasteiger partial charge in [-0.25, -0.2) is 0 Å². The molecule has 0 unspecified atom stereocenters. The van der Waals surface area contributed by atoms with Gasteiger partial charge in [0.15, 0.2) is 0 Å². The second-order valence-corrected chi connectivity index (χ2v) is 4.58. The van der Waals surface area contributed by atoms with Crippen LogP contribution in [-0.4, -0.2) is 0 Å². The summed E-state index contributed by atoms with van der Waals surface area (Å²) in [5.74, 6) is 0. The van der Waals surface area contributed by atoms with E-state index in [1.807, 2.05) is 26.0 Å². The van der Waals surface area contributed by atoms with Gasteiger partial charge in [0.2, 0.25) is 0 Å². The highest BCUT2D eigenvalue weighted by atomic mass is 15.1. The van der Waals surface area contributed by atoms with E-state index in [-0.39, 0.29) is 0 Å². The maximum atomic E-state index is 9.05. The summed E-state index contributed by atoms with van der Waals surface area (Å²) in [5.41, 5.74) is 16.2. The van der Waals surface area contributed by atoms with Gasteiger partial charge < -0.3 is 11.5 Å². The first-order valence-corrected chi connectivity index (χ1v) is 6.09. The minimum Gasteiger partial charge on any atom is -0.399 e. The van der Waals surface area contributed by atoms with Crippen LogP contribution in [0.5, 0.6) is 0 Å². The zero-order valence-corrected chi connectivity index (χ0v) is 11.4. The van der Waals surface area contributed by atoms with E-state index in [1.54, 1.807) is 18.2 Å². The Bertz CT molecular complexity index is 726. The standard InChI is InChI=1S/C15H15N5/c1-9-6-15(10(2)5-13(9)18)20-19-14-4-3-12(17)7-11(14)8-16/h3-7H,17-18H2,1-2H3. The summed E-state index contributed by atoms with van der Waals surface area (Å²) in [4.78, 5) is 0. The van der Waals surface area contributed by atoms with Gasteiger partial charge in [0.1, 0.15) is 11.8 Å². The number of nitrogen functional groups attached to an aromatic ring is 2. The van der Waals surface area contributed by atoms with Crippen LogP contribution in [0.4, 0.5) is 22.7 Å². The molecule has 0 heterocycles. The number of nitrogens with zero attached hydrogens (tertiary/aromatic N) is 3. The van der Waals surface area contributed by atoms with E-state index < -0.39 is 0 Å². The molecular formula is C15H15N5. The van der Waals surface area contributed by atoms with Crippen molar-refractivity contribution in [2.24, 2.45) is 10.2 Å². The number of benzene rings is 2. The predicted octanol–water partition coefficient (Wildman–Crippen LogP) is 3.75. The molecule has 20 heavy (non-hydrogen) atoms. The molecule has 4 N–H and O–H groups in total. The fourth-order valence-electron chi connectivity index (χ4n) is 1.77. The van der Waals surface area contributed by atoms with Gasteiger partial charge in [-0.3, -0.25) is 0 Å². The Morgan fingerprint density at radius 3 is 2.35 bits per heavy atom. The molecule has 0 bridgehead atoms. The van der Waals surface area contributed by atoms with Crippen LogP contribution in [0.1, 0.15) is 16.7 Å². The summed E-state index contributed by atoms with van der Waals surface area (Å²) in [6, 6.07) is 10.7. The topological polar surface area (TPSA) is 101 Å². The molecule has 0 amide bonds. The van der Waals surface area contributed by atoms with Crippen molar-refractivity contribution in [3.05, 3.63) is 47.0 Å². The minimum atomic E-state index is 0.401. The van der Waals surface area contributed by atoms with E-state index in [1.165, 1.54) is 0 Å². The molecular weight excluding hydrogens is 250 g/mol. The molecule has 0 fully saturated rings. The summed E-state index contributed by atoms with van der Waals surface area (Å²) in [6.45, 7) is 3.83. The normalized spacial score (nSPS) is 10.7. The van der Waals surface area contributed by atoms with Crippen molar-refractivity contribution in [1.82, 2.24) is 0 Å². The smallest absolute Gasteiger partial charge is 0.104 e. The number of anilines is 2. The first kappa shape index (κ1) is 13.6. The van der Waals surface area contributed by atoms with Crippen molar-refractivity contribution in [1.29, 1.82) is 5.26 Å². The predicted molar refractivity (Wildman–Crippen MR) is 80.1 cm³/mol. The number of nitriles is 1. The minimum absolute atomic E-state index is 0.401. The summed E-state index contributed by atoms with van der Waals surface area (Å²) in [5, 5.41) is 17.4. The van der Waals surface area contributed by atoms with Crippen LogP contribution in [0.3, 0.4) is 0 Å². The molecule has 2 aromatic rings. The van der Waals surface area contributed by atoms with Crippen LogP contribution in [0.2, 0.25) is 0 Å². The van der Waals surface area contributed by atoms with Crippen molar-refractivity contribution >= 4 is 22.7 Å². The third-order valence-corrected chi connectivity index (χ3v) is 2.99. The van der Waals surface area contributed by atoms with Crippen molar-refractivity contribution in [3.8, 4) is 6.07 Å². The third-order valence-electron chi connectivity index (χ3n) is 2.99. The second-order valence-electron chi connectivity index (χ2n) is 4.58. The average molecular weight is 265 g/mol. The summed E-state index contributed by atoms with van der Waals surface area (Å²) in [7, 11) is 0. The molecule has 2 rings (SSSR count). The average Bonchev–Trinajstić information content (AvgIpc) is 2.42. The van der Waals surface area contributed by atoms with Crippen molar-refractivity contribution in [3.63, 3.8) is 0 Å². The Hall–Kier alpha value is -2.87. The van der Waals surface area contributed by atoms with Gasteiger partial charge in [0.25, 0.3) is 0 Å². The van der Waals surface area contributed by atoms with Crippen LogP contribution in [0.15, 0.2) is 40.6 Å². The molecule has 0 spiro atoms. The Labute approximate surface area is 117 Å². The lowest BCUT2D eigenvalue weighted by molar-refractivity contribution is 1.20. The van der Waals surface area contributed by atoms with Crippen molar-refractivity contribution in [2.45, 2.75) is 13.8 Å². The quantitative estimate of drug-likeness (QED) is 0.638. The number of hydrogen-bond donors (Lipinski definition) is 2. The first-order chi connectivity index (χ1) is 9.51. The Morgan fingerprint density at radius 1 is 0.950 bits per heavy atom. The lowest BCUT2D eigenvalue weighted by Gasteiger charge is -2.04. The molecule has 0 aliphatic heterocycles. The Balaban J connectivity index is 2.40. The molecule has 100 valence electrons. The largest absolute Gasteiger partial charge is 0.399 e. The number of hydrogen-bond acceptors (Lipinski definition) is 5. The molecule has 0 aliphatic carbocycles. The van der Waals surface area contributed by atoms with Gasteiger partial charge in [0, 0.05) is 11.4 Å². The second kappa shape index (κ2) is 5.41.